The van der Waals surface area contributed by atoms with Crippen LogP contribution in [0, 0.1) is 34.5 Å². The van der Waals surface area contributed by atoms with Crippen molar-refractivity contribution < 1.29 is 4.79 Å². The summed E-state index contributed by atoms with van der Waals surface area (Å²) in [4.78, 5) is 12.8. The number of Topliss-reactive ketones (excluding diaryl/α,β-unsaturated/α-hetero) is 1. The number of ketones is 1. The Morgan fingerprint density at radius 1 is 1.22 bits per heavy atom. The molecule has 0 aromatic carbocycles. The number of carbonyl (C=O) groups is 1. The molecule has 2 aliphatic rings. The molecule has 0 saturated heterocycles. The van der Waals surface area contributed by atoms with Gasteiger partial charge in [-0.3, -0.25) is 4.79 Å². The van der Waals surface area contributed by atoms with E-state index in [1.165, 1.54) is 6.42 Å². The van der Waals surface area contributed by atoms with Crippen LogP contribution in [0.25, 0.3) is 0 Å². The molecule has 0 aromatic rings. The molecule has 2 aliphatic carbocycles. The zero-order chi connectivity index (χ0) is 13.7. The SMILES string of the molecule is C=CCC1CCC2C(C1=O)C(C)(C)C(C)C2(C)C. The van der Waals surface area contributed by atoms with E-state index in [2.05, 4.69) is 41.2 Å². The summed E-state index contributed by atoms with van der Waals surface area (Å²) in [7, 11) is 0. The van der Waals surface area contributed by atoms with E-state index in [-0.39, 0.29) is 17.3 Å². The van der Waals surface area contributed by atoms with Crippen LogP contribution in [0.2, 0.25) is 0 Å². The Labute approximate surface area is 112 Å². The lowest BCUT2D eigenvalue weighted by Crippen LogP contribution is -2.40. The van der Waals surface area contributed by atoms with E-state index < -0.39 is 0 Å². The smallest absolute Gasteiger partial charge is 0.140 e. The quantitative estimate of drug-likeness (QED) is 0.659. The third-order valence-electron chi connectivity index (χ3n) is 6.38. The predicted molar refractivity (Wildman–Crippen MR) is 76.3 cm³/mol. The van der Waals surface area contributed by atoms with Crippen LogP contribution in [0.5, 0.6) is 0 Å². The molecule has 18 heavy (non-hydrogen) atoms. The fourth-order valence-electron chi connectivity index (χ4n) is 4.81. The third-order valence-corrected chi connectivity index (χ3v) is 6.38. The van der Waals surface area contributed by atoms with E-state index in [1.807, 2.05) is 6.08 Å². The average Bonchev–Trinajstić information content (AvgIpc) is 2.42. The average molecular weight is 248 g/mol. The Balaban J connectivity index is 2.36. The first kappa shape index (κ1) is 13.8. The highest BCUT2D eigenvalue weighted by Crippen LogP contribution is 2.64. The minimum atomic E-state index is 0.144. The highest BCUT2D eigenvalue weighted by Gasteiger charge is 2.61. The first-order valence-corrected chi connectivity index (χ1v) is 7.39. The lowest BCUT2D eigenvalue weighted by Gasteiger charge is -2.38. The molecule has 0 radical (unpaired) electrons. The number of hydrogen-bond donors (Lipinski definition) is 0. The van der Waals surface area contributed by atoms with Gasteiger partial charge in [0.25, 0.3) is 0 Å². The lowest BCUT2D eigenvalue weighted by molar-refractivity contribution is -0.135. The molecule has 0 amide bonds. The monoisotopic (exact) mass is 248 g/mol. The van der Waals surface area contributed by atoms with Gasteiger partial charge in [-0.25, -0.2) is 0 Å². The first-order chi connectivity index (χ1) is 8.24. The summed E-state index contributed by atoms with van der Waals surface area (Å²) in [5, 5.41) is 0. The van der Waals surface area contributed by atoms with Crippen molar-refractivity contribution in [3.63, 3.8) is 0 Å². The van der Waals surface area contributed by atoms with E-state index in [9.17, 15) is 4.79 Å². The van der Waals surface area contributed by atoms with E-state index in [4.69, 9.17) is 0 Å². The number of carbonyl (C=O) groups excluding carboxylic acids is 1. The molecule has 102 valence electrons. The molecule has 2 fully saturated rings. The van der Waals surface area contributed by atoms with Crippen LogP contribution in [0.3, 0.4) is 0 Å². The highest BCUT2D eigenvalue weighted by molar-refractivity contribution is 5.86. The minimum Gasteiger partial charge on any atom is -0.299 e. The molecule has 2 rings (SSSR count). The van der Waals surface area contributed by atoms with Crippen LogP contribution in [-0.4, -0.2) is 5.78 Å². The second-order valence-corrected chi connectivity index (χ2v) is 7.65. The fourth-order valence-corrected chi connectivity index (χ4v) is 4.81. The molecule has 0 aromatic heterocycles. The van der Waals surface area contributed by atoms with Crippen LogP contribution < -0.4 is 0 Å². The second kappa shape index (κ2) is 4.21. The summed E-state index contributed by atoms with van der Waals surface area (Å²) in [5.41, 5.74) is 0.439. The summed E-state index contributed by atoms with van der Waals surface area (Å²) in [6.07, 6.45) is 5.07. The van der Waals surface area contributed by atoms with Crippen molar-refractivity contribution in [1.29, 1.82) is 0 Å². The first-order valence-electron chi connectivity index (χ1n) is 7.39. The predicted octanol–water partition coefficient (Wildman–Crippen LogP) is 4.48. The Morgan fingerprint density at radius 3 is 2.39 bits per heavy atom. The van der Waals surface area contributed by atoms with E-state index in [0.29, 0.717) is 23.0 Å². The Hall–Kier alpha value is -0.590. The Morgan fingerprint density at radius 2 is 1.83 bits per heavy atom. The molecule has 4 atom stereocenters. The fraction of sp³-hybridized carbons (Fsp3) is 0.824. The van der Waals surface area contributed by atoms with E-state index in [1.54, 1.807) is 0 Å². The molecule has 1 nitrogen and oxygen atoms in total. The summed E-state index contributed by atoms with van der Waals surface area (Å²) >= 11 is 0. The Bertz CT molecular complexity index is 364. The van der Waals surface area contributed by atoms with Crippen LogP contribution in [0.15, 0.2) is 12.7 Å². The largest absolute Gasteiger partial charge is 0.299 e. The maximum atomic E-state index is 12.8. The van der Waals surface area contributed by atoms with Crippen molar-refractivity contribution in [2.75, 3.05) is 0 Å². The molecular formula is C17H28O. The molecular weight excluding hydrogens is 220 g/mol. The van der Waals surface area contributed by atoms with Crippen molar-refractivity contribution in [2.45, 2.75) is 53.9 Å². The van der Waals surface area contributed by atoms with Gasteiger partial charge in [-0.05, 0) is 41.9 Å². The highest BCUT2D eigenvalue weighted by atomic mass is 16.1. The second-order valence-electron chi connectivity index (χ2n) is 7.65. The number of allylic oxidation sites excluding steroid dienone is 1. The van der Waals surface area contributed by atoms with Gasteiger partial charge in [-0.1, -0.05) is 40.7 Å². The van der Waals surface area contributed by atoms with Gasteiger partial charge in [0.2, 0.25) is 0 Å². The van der Waals surface area contributed by atoms with E-state index in [0.717, 1.165) is 12.8 Å². The van der Waals surface area contributed by atoms with Crippen LogP contribution in [0.4, 0.5) is 0 Å². The zero-order valence-corrected chi connectivity index (χ0v) is 12.6. The molecule has 0 aliphatic heterocycles. The molecule has 4 unspecified atom stereocenters. The summed E-state index contributed by atoms with van der Waals surface area (Å²) in [5.74, 6) is 2.21. The topological polar surface area (TPSA) is 17.1 Å². The molecule has 2 saturated carbocycles. The number of hydrogen-bond acceptors (Lipinski definition) is 1. The van der Waals surface area contributed by atoms with Gasteiger partial charge >= 0.3 is 0 Å². The number of fused-ring (bicyclic) bond motifs is 1. The molecule has 0 heterocycles. The molecule has 0 spiro atoms. The van der Waals surface area contributed by atoms with Gasteiger partial charge in [0.1, 0.15) is 5.78 Å². The lowest BCUT2D eigenvalue weighted by atomic mass is 9.64. The van der Waals surface area contributed by atoms with Gasteiger partial charge in [-0.15, -0.1) is 6.58 Å². The maximum Gasteiger partial charge on any atom is 0.140 e. The maximum absolute atomic E-state index is 12.8. The van der Waals surface area contributed by atoms with Crippen LogP contribution in [0.1, 0.15) is 53.9 Å². The van der Waals surface area contributed by atoms with Gasteiger partial charge in [0, 0.05) is 11.8 Å². The van der Waals surface area contributed by atoms with Gasteiger partial charge in [0.15, 0.2) is 0 Å². The minimum absolute atomic E-state index is 0.144. The molecule has 0 N–H and O–H groups in total. The van der Waals surface area contributed by atoms with Crippen LogP contribution >= 0.6 is 0 Å². The van der Waals surface area contributed by atoms with Gasteiger partial charge in [0.05, 0.1) is 0 Å². The molecule has 0 bridgehead atoms. The number of rotatable bonds is 2. The Kier molecular flexibility index (Phi) is 3.24. The normalized spacial score (nSPS) is 41.5. The van der Waals surface area contributed by atoms with Gasteiger partial charge in [-0.2, -0.15) is 0 Å². The summed E-state index contributed by atoms with van der Waals surface area (Å²) in [6, 6.07) is 0. The van der Waals surface area contributed by atoms with E-state index >= 15 is 0 Å². The van der Waals surface area contributed by atoms with Crippen molar-refractivity contribution in [2.24, 2.45) is 34.5 Å². The van der Waals surface area contributed by atoms with Crippen LogP contribution in [-0.2, 0) is 4.79 Å². The standard InChI is InChI=1S/C17H28O/c1-7-8-12-9-10-13-14(15(12)18)17(5,6)11(2)16(13,3)4/h7,11-14H,1,8-10H2,2-6H3. The summed E-state index contributed by atoms with van der Waals surface area (Å²) in [6.45, 7) is 15.5. The van der Waals surface area contributed by atoms with Crippen molar-refractivity contribution >= 4 is 5.78 Å². The zero-order valence-electron chi connectivity index (χ0n) is 12.6. The van der Waals surface area contributed by atoms with Crippen molar-refractivity contribution in [1.82, 2.24) is 0 Å². The summed E-state index contributed by atoms with van der Waals surface area (Å²) < 4.78 is 0. The van der Waals surface area contributed by atoms with Crippen molar-refractivity contribution in [3.05, 3.63) is 12.7 Å². The van der Waals surface area contributed by atoms with Gasteiger partial charge < -0.3 is 0 Å². The molecule has 1 heteroatoms. The third kappa shape index (κ3) is 1.70. The van der Waals surface area contributed by atoms with Crippen molar-refractivity contribution in [3.8, 4) is 0 Å².